The van der Waals surface area contributed by atoms with Crippen LogP contribution in [0.15, 0.2) is 11.6 Å². The van der Waals surface area contributed by atoms with E-state index in [0.717, 1.165) is 18.1 Å². The molecule has 1 aromatic rings. The fourth-order valence-electron chi connectivity index (χ4n) is 2.01. The summed E-state index contributed by atoms with van der Waals surface area (Å²) in [5.74, 6) is -0.0682. The van der Waals surface area contributed by atoms with Crippen molar-refractivity contribution in [1.82, 2.24) is 15.2 Å². The fourth-order valence-corrected chi connectivity index (χ4v) is 2.67. The third-order valence-corrected chi connectivity index (χ3v) is 3.67. The maximum absolute atomic E-state index is 11.8. The standard InChI is InChI=1S/C11H17N3O2S/c1-11(10(15)12-2)8-14(4-5-16-11)7-9-13-3-6-17-9/h3,6H,4-5,7-8H2,1-2H3,(H,12,15)/t11-/m1/s1. The normalized spacial score (nSPS) is 25.8. The minimum atomic E-state index is -0.746. The average Bonchev–Trinajstić information content (AvgIpc) is 2.81. The van der Waals surface area contributed by atoms with Crippen LogP contribution in [0.25, 0.3) is 0 Å². The predicted molar refractivity (Wildman–Crippen MR) is 65.8 cm³/mol. The van der Waals surface area contributed by atoms with Crippen LogP contribution in [-0.2, 0) is 16.1 Å². The second kappa shape index (κ2) is 5.12. The zero-order chi connectivity index (χ0) is 12.3. The molecule has 1 atom stereocenters. The molecule has 5 nitrogen and oxygen atoms in total. The highest BCUT2D eigenvalue weighted by Gasteiger charge is 2.38. The van der Waals surface area contributed by atoms with Crippen molar-refractivity contribution in [2.45, 2.75) is 19.1 Å². The number of carbonyl (C=O) groups is 1. The number of hydrogen-bond acceptors (Lipinski definition) is 5. The molecule has 0 bridgehead atoms. The molecular weight excluding hydrogens is 238 g/mol. The van der Waals surface area contributed by atoms with Gasteiger partial charge in [-0.2, -0.15) is 0 Å². The Morgan fingerprint density at radius 2 is 2.59 bits per heavy atom. The van der Waals surface area contributed by atoms with Crippen LogP contribution in [0.1, 0.15) is 11.9 Å². The first-order valence-electron chi connectivity index (χ1n) is 5.61. The Morgan fingerprint density at radius 3 is 3.24 bits per heavy atom. The van der Waals surface area contributed by atoms with Gasteiger partial charge in [-0.15, -0.1) is 11.3 Å². The highest BCUT2D eigenvalue weighted by Crippen LogP contribution is 2.20. The van der Waals surface area contributed by atoms with Crippen molar-refractivity contribution in [3.63, 3.8) is 0 Å². The SMILES string of the molecule is CNC(=O)[C@@]1(C)CN(Cc2nccs2)CCO1. The molecule has 1 fully saturated rings. The van der Waals surface area contributed by atoms with Crippen molar-refractivity contribution in [2.75, 3.05) is 26.7 Å². The lowest BCUT2D eigenvalue weighted by molar-refractivity contribution is -0.156. The molecule has 17 heavy (non-hydrogen) atoms. The number of ether oxygens (including phenoxy) is 1. The second-order valence-corrected chi connectivity index (χ2v) is 5.27. The summed E-state index contributed by atoms with van der Waals surface area (Å²) >= 11 is 1.64. The Labute approximate surface area is 105 Å². The van der Waals surface area contributed by atoms with Crippen molar-refractivity contribution in [1.29, 1.82) is 0 Å². The van der Waals surface area contributed by atoms with Gasteiger partial charge in [0.25, 0.3) is 5.91 Å². The van der Waals surface area contributed by atoms with Gasteiger partial charge in [0, 0.05) is 31.7 Å². The van der Waals surface area contributed by atoms with E-state index in [1.54, 1.807) is 24.6 Å². The first-order valence-corrected chi connectivity index (χ1v) is 6.49. The molecule has 0 saturated carbocycles. The van der Waals surface area contributed by atoms with Crippen molar-refractivity contribution in [2.24, 2.45) is 0 Å². The van der Waals surface area contributed by atoms with Gasteiger partial charge < -0.3 is 10.1 Å². The van der Waals surface area contributed by atoms with Crippen LogP contribution in [0.2, 0.25) is 0 Å². The third-order valence-electron chi connectivity index (χ3n) is 2.90. The molecule has 2 heterocycles. The van der Waals surface area contributed by atoms with Crippen molar-refractivity contribution < 1.29 is 9.53 Å². The topological polar surface area (TPSA) is 54.5 Å². The number of likely N-dealkylation sites (N-methyl/N-ethyl adjacent to an activating group) is 1. The summed E-state index contributed by atoms with van der Waals surface area (Å²) < 4.78 is 5.60. The van der Waals surface area contributed by atoms with Gasteiger partial charge >= 0.3 is 0 Å². The first kappa shape index (κ1) is 12.5. The second-order valence-electron chi connectivity index (χ2n) is 4.29. The molecular formula is C11H17N3O2S. The summed E-state index contributed by atoms with van der Waals surface area (Å²) in [5, 5.41) is 5.69. The quantitative estimate of drug-likeness (QED) is 0.853. The van der Waals surface area contributed by atoms with Gasteiger partial charge in [-0.1, -0.05) is 0 Å². The van der Waals surface area contributed by atoms with Crippen LogP contribution in [0, 0.1) is 0 Å². The Morgan fingerprint density at radius 1 is 1.76 bits per heavy atom. The molecule has 0 aromatic carbocycles. The smallest absolute Gasteiger partial charge is 0.253 e. The highest BCUT2D eigenvalue weighted by atomic mass is 32.1. The highest BCUT2D eigenvalue weighted by molar-refractivity contribution is 7.09. The molecule has 1 aliphatic rings. The molecule has 0 radical (unpaired) electrons. The van der Waals surface area contributed by atoms with Crippen LogP contribution >= 0.6 is 11.3 Å². The molecule has 6 heteroatoms. The van der Waals surface area contributed by atoms with Gasteiger partial charge in [-0.3, -0.25) is 9.69 Å². The molecule has 0 aliphatic carbocycles. The third kappa shape index (κ3) is 2.83. The molecule has 94 valence electrons. The average molecular weight is 255 g/mol. The molecule has 0 unspecified atom stereocenters. The van der Waals surface area contributed by atoms with Gasteiger partial charge in [0.1, 0.15) is 5.01 Å². The van der Waals surface area contributed by atoms with E-state index in [1.807, 2.05) is 12.3 Å². The van der Waals surface area contributed by atoms with E-state index in [-0.39, 0.29) is 5.91 Å². The van der Waals surface area contributed by atoms with Gasteiger partial charge in [-0.05, 0) is 6.92 Å². The number of aromatic nitrogens is 1. The number of amides is 1. The molecule has 1 saturated heterocycles. The maximum atomic E-state index is 11.8. The van der Waals surface area contributed by atoms with E-state index in [9.17, 15) is 4.79 Å². The molecule has 2 rings (SSSR count). The van der Waals surface area contributed by atoms with E-state index in [2.05, 4.69) is 15.2 Å². The lowest BCUT2D eigenvalue weighted by atomic mass is 10.0. The Bertz CT molecular complexity index is 382. The van der Waals surface area contributed by atoms with Gasteiger partial charge in [0.2, 0.25) is 0 Å². The van der Waals surface area contributed by atoms with E-state index >= 15 is 0 Å². The number of rotatable bonds is 3. The van der Waals surface area contributed by atoms with Crippen molar-refractivity contribution >= 4 is 17.2 Å². The maximum Gasteiger partial charge on any atom is 0.253 e. The van der Waals surface area contributed by atoms with Gasteiger partial charge in [-0.25, -0.2) is 4.98 Å². The Hall–Kier alpha value is -0.980. The minimum absolute atomic E-state index is 0.0682. The molecule has 1 N–H and O–H groups in total. The summed E-state index contributed by atoms with van der Waals surface area (Å²) in [7, 11) is 1.64. The molecule has 1 amide bonds. The number of morpholine rings is 1. The van der Waals surface area contributed by atoms with Crippen LogP contribution in [-0.4, -0.2) is 48.1 Å². The van der Waals surface area contributed by atoms with Crippen LogP contribution in [0.4, 0.5) is 0 Å². The van der Waals surface area contributed by atoms with Crippen LogP contribution in [0.3, 0.4) is 0 Å². The number of thiazole rings is 1. The van der Waals surface area contributed by atoms with Gasteiger partial charge in [0.05, 0.1) is 13.2 Å². The Kier molecular flexibility index (Phi) is 3.76. The lowest BCUT2D eigenvalue weighted by Gasteiger charge is -2.38. The zero-order valence-corrected chi connectivity index (χ0v) is 10.9. The van der Waals surface area contributed by atoms with Crippen LogP contribution < -0.4 is 5.32 Å². The summed E-state index contributed by atoms with van der Waals surface area (Å²) in [6.45, 7) is 4.64. The molecule has 0 spiro atoms. The van der Waals surface area contributed by atoms with E-state index in [4.69, 9.17) is 4.74 Å². The van der Waals surface area contributed by atoms with E-state index in [0.29, 0.717) is 13.2 Å². The lowest BCUT2D eigenvalue weighted by Crippen LogP contribution is -2.57. The predicted octanol–water partition coefficient (Wildman–Crippen LogP) is 0.480. The summed E-state index contributed by atoms with van der Waals surface area (Å²) in [6.07, 6.45) is 1.80. The largest absolute Gasteiger partial charge is 0.363 e. The monoisotopic (exact) mass is 255 g/mol. The summed E-state index contributed by atoms with van der Waals surface area (Å²) in [5.41, 5.74) is -0.746. The zero-order valence-electron chi connectivity index (χ0n) is 10.1. The fraction of sp³-hybridized carbons (Fsp3) is 0.636. The first-order chi connectivity index (χ1) is 8.14. The van der Waals surface area contributed by atoms with Crippen molar-refractivity contribution in [3.05, 3.63) is 16.6 Å². The van der Waals surface area contributed by atoms with Crippen molar-refractivity contribution in [3.8, 4) is 0 Å². The number of nitrogens with one attached hydrogen (secondary N) is 1. The number of hydrogen-bond donors (Lipinski definition) is 1. The summed E-state index contributed by atoms with van der Waals surface area (Å²) in [4.78, 5) is 18.2. The summed E-state index contributed by atoms with van der Waals surface area (Å²) in [6, 6.07) is 0. The Balaban J connectivity index is 1.99. The number of nitrogens with zero attached hydrogens (tertiary/aromatic N) is 2. The van der Waals surface area contributed by atoms with E-state index < -0.39 is 5.60 Å². The van der Waals surface area contributed by atoms with E-state index in [1.165, 1.54) is 0 Å². The minimum Gasteiger partial charge on any atom is -0.363 e. The van der Waals surface area contributed by atoms with Gasteiger partial charge in [0.15, 0.2) is 5.60 Å². The molecule has 1 aromatic heterocycles. The van der Waals surface area contributed by atoms with Crippen LogP contribution in [0.5, 0.6) is 0 Å². The number of carbonyl (C=O) groups excluding carboxylic acids is 1. The molecule has 1 aliphatic heterocycles.